The summed E-state index contributed by atoms with van der Waals surface area (Å²) in [5, 5.41) is 16.4. The standard InChI is InChI=1S/C13H26N2O2S/c1-10-13(15-9-5-8-14-10)11(18-2)6-3-4-7-12(16)17/h10-11,13-15H,3-9H2,1-2H3,(H,16,17)/t10-,11?,13-/m0/s1. The number of aliphatic carboxylic acids is 1. The lowest BCUT2D eigenvalue weighted by atomic mass is 10.0. The van der Waals surface area contributed by atoms with Crippen LogP contribution in [-0.2, 0) is 4.79 Å². The van der Waals surface area contributed by atoms with Gasteiger partial charge in [-0.05, 0) is 45.5 Å². The number of carboxylic acid groups (broad SMARTS) is 1. The third-order valence-electron chi connectivity index (χ3n) is 3.57. The SMILES string of the molecule is CSC(CCCCC(=O)O)[C@H]1NCCCN[C@H]1C. The molecule has 1 rings (SSSR count). The van der Waals surface area contributed by atoms with E-state index >= 15 is 0 Å². The summed E-state index contributed by atoms with van der Waals surface area (Å²) in [7, 11) is 0. The molecule has 0 bridgehead atoms. The van der Waals surface area contributed by atoms with Gasteiger partial charge in [-0.1, -0.05) is 6.42 Å². The number of unbranched alkanes of at least 4 members (excludes halogenated alkanes) is 1. The first-order valence-electron chi connectivity index (χ1n) is 6.86. The summed E-state index contributed by atoms with van der Waals surface area (Å²) in [5.74, 6) is -0.682. The van der Waals surface area contributed by atoms with Crippen LogP contribution >= 0.6 is 11.8 Å². The molecular weight excluding hydrogens is 248 g/mol. The Morgan fingerprint density at radius 1 is 1.39 bits per heavy atom. The molecule has 0 spiro atoms. The Kier molecular flexibility index (Phi) is 7.70. The molecule has 0 amide bonds. The van der Waals surface area contributed by atoms with Crippen molar-refractivity contribution >= 4 is 17.7 Å². The highest BCUT2D eigenvalue weighted by molar-refractivity contribution is 7.99. The van der Waals surface area contributed by atoms with E-state index in [9.17, 15) is 4.79 Å². The van der Waals surface area contributed by atoms with Crippen molar-refractivity contribution in [1.82, 2.24) is 10.6 Å². The highest BCUT2D eigenvalue weighted by Gasteiger charge is 2.26. The number of thioether (sulfide) groups is 1. The number of nitrogens with one attached hydrogen (secondary N) is 2. The van der Waals surface area contributed by atoms with Crippen molar-refractivity contribution in [2.24, 2.45) is 0 Å². The van der Waals surface area contributed by atoms with Crippen LogP contribution < -0.4 is 10.6 Å². The van der Waals surface area contributed by atoms with E-state index in [4.69, 9.17) is 5.11 Å². The minimum atomic E-state index is -0.682. The third-order valence-corrected chi connectivity index (χ3v) is 4.71. The molecule has 4 nitrogen and oxygen atoms in total. The number of carboxylic acids is 1. The van der Waals surface area contributed by atoms with E-state index in [1.165, 1.54) is 6.42 Å². The molecule has 0 radical (unpaired) electrons. The van der Waals surface area contributed by atoms with Gasteiger partial charge in [0.1, 0.15) is 0 Å². The van der Waals surface area contributed by atoms with Crippen LogP contribution in [0.25, 0.3) is 0 Å². The number of rotatable bonds is 7. The van der Waals surface area contributed by atoms with Crippen molar-refractivity contribution < 1.29 is 9.90 Å². The van der Waals surface area contributed by atoms with Gasteiger partial charge >= 0.3 is 5.97 Å². The highest BCUT2D eigenvalue weighted by atomic mass is 32.2. The van der Waals surface area contributed by atoms with Crippen molar-refractivity contribution in [3.8, 4) is 0 Å². The predicted octanol–water partition coefficient (Wildman–Crippen LogP) is 1.70. The summed E-state index contributed by atoms with van der Waals surface area (Å²) >= 11 is 1.90. The minimum absolute atomic E-state index is 0.299. The van der Waals surface area contributed by atoms with Gasteiger partial charge in [-0.3, -0.25) is 4.79 Å². The predicted molar refractivity (Wildman–Crippen MR) is 77.3 cm³/mol. The number of hydrogen-bond acceptors (Lipinski definition) is 4. The van der Waals surface area contributed by atoms with Crippen molar-refractivity contribution in [2.45, 2.75) is 56.4 Å². The average molecular weight is 274 g/mol. The monoisotopic (exact) mass is 274 g/mol. The van der Waals surface area contributed by atoms with Crippen LogP contribution in [0.2, 0.25) is 0 Å². The van der Waals surface area contributed by atoms with Gasteiger partial charge in [0.25, 0.3) is 0 Å². The molecule has 5 heteroatoms. The Morgan fingerprint density at radius 2 is 2.11 bits per heavy atom. The average Bonchev–Trinajstić information content (AvgIpc) is 2.54. The molecule has 0 aromatic rings. The molecule has 106 valence electrons. The Bertz CT molecular complexity index is 251. The Balaban J connectivity index is 2.35. The zero-order valence-electron chi connectivity index (χ0n) is 11.4. The molecule has 0 aliphatic carbocycles. The maximum Gasteiger partial charge on any atom is 0.303 e. The topological polar surface area (TPSA) is 61.4 Å². The van der Waals surface area contributed by atoms with Crippen LogP contribution in [-0.4, -0.2) is 47.8 Å². The Morgan fingerprint density at radius 3 is 2.78 bits per heavy atom. The molecule has 0 aromatic carbocycles. The smallest absolute Gasteiger partial charge is 0.303 e. The van der Waals surface area contributed by atoms with Gasteiger partial charge in [0.05, 0.1) is 0 Å². The van der Waals surface area contributed by atoms with Gasteiger partial charge in [0.2, 0.25) is 0 Å². The van der Waals surface area contributed by atoms with Gasteiger partial charge in [-0.25, -0.2) is 0 Å². The van der Waals surface area contributed by atoms with E-state index in [1.807, 2.05) is 11.8 Å². The normalized spacial score (nSPS) is 26.6. The van der Waals surface area contributed by atoms with Crippen LogP contribution in [0, 0.1) is 0 Å². The van der Waals surface area contributed by atoms with Crippen molar-refractivity contribution in [2.75, 3.05) is 19.3 Å². The molecule has 1 fully saturated rings. The van der Waals surface area contributed by atoms with E-state index < -0.39 is 5.97 Å². The van der Waals surface area contributed by atoms with Crippen LogP contribution in [0.4, 0.5) is 0 Å². The van der Waals surface area contributed by atoms with Gasteiger partial charge < -0.3 is 15.7 Å². The fourth-order valence-electron chi connectivity index (χ4n) is 2.51. The molecule has 1 aliphatic rings. The molecule has 3 N–H and O–H groups in total. The second-order valence-corrected chi connectivity index (χ2v) is 6.07. The molecule has 1 unspecified atom stereocenters. The Hall–Kier alpha value is -0.260. The van der Waals surface area contributed by atoms with Crippen molar-refractivity contribution in [3.05, 3.63) is 0 Å². The first kappa shape index (κ1) is 15.8. The van der Waals surface area contributed by atoms with Crippen LogP contribution in [0.5, 0.6) is 0 Å². The summed E-state index contributed by atoms with van der Waals surface area (Å²) in [6.07, 6.45) is 6.52. The summed E-state index contributed by atoms with van der Waals surface area (Å²) in [6.45, 7) is 4.41. The van der Waals surface area contributed by atoms with Gasteiger partial charge in [-0.2, -0.15) is 11.8 Å². The lowest BCUT2D eigenvalue weighted by molar-refractivity contribution is -0.137. The minimum Gasteiger partial charge on any atom is -0.481 e. The lowest BCUT2D eigenvalue weighted by Gasteiger charge is -2.30. The second-order valence-electron chi connectivity index (χ2n) is 4.99. The summed E-state index contributed by atoms with van der Waals surface area (Å²) < 4.78 is 0. The first-order chi connectivity index (χ1) is 8.65. The fourth-order valence-corrected chi connectivity index (χ4v) is 3.54. The maximum absolute atomic E-state index is 10.5. The number of carbonyl (C=O) groups is 1. The van der Waals surface area contributed by atoms with E-state index in [0.717, 1.165) is 32.4 Å². The van der Waals surface area contributed by atoms with Gasteiger partial charge in [-0.15, -0.1) is 0 Å². The molecule has 3 atom stereocenters. The summed E-state index contributed by atoms with van der Waals surface area (Å²) in [5.41, 5.74) is 0. The quantitative estimate of drug-likeness (QED) is 0.617. The van der Waals surface area contributed by atoms with E-state index in [0.29, 0.717) is 23.8 Å². The molecule has 0 aromatic heterocycles. The fraction of sp³-hybridized carbons (Fsp3) is 0.923. The second kappa shape index (κ2) is 8.77. The van der Waals surface area contributed by atoms with Crippen molar-refractivity contribution in [1.29, 1.82) is 0 Å². The lowest BCUT2D eigenvalue weighted by Crippen LogP contribution is -2.49. The molecule has 18 heavy (non-hydrogen) atoms. The van der Waals surface area contributed by atoms with Crippen LogP contribution in [0.15, 0.2) is 0 Å². The zero-order chi connectivity index (χ0) is 13.4. The zero-order valence-corrected chi connectivity index (χ0v) is 12.3. The first-order valence-corrected chi connectivity index (χ1v) is 8.15. The van der Waals surface area contributed by atoms with Crippen LogP contribution in [0.3, 0.4) is 0 Å². The summed E-state index contributed by atoms with van der Waals surface area (Å²) in [6, 6.07) is 0.983. The summed E-state index contributed by atoms with van der Waals surface area (Å²) in [4.78, 5) is 10.5. The highest BCUT2D eigenvalue weighted by Crippen LogP contribution is 2.21. The van der Waals surface area contributed by atoms with Gasteiger partial charge in [0, 0.05) is 23.8 Å². The molecule has 1 heterocycles. The van der Waals surface area contributed by atoms with Gasteiger partial charge in [0.15, 0.2) is 0 Å². The molecular formula is C13H26N2O2S. The Labute approximate surface area is 114 Å². The molecule has 1 saturated heterocycles. The molecule has 1 aliphatic heterocycles. The van der Waals surface area contributed by atoms with Crippen LogP contribution in [0.1, 0.15) is 39.0 Å². The van der Waals surface area contributed by atoms with E-state index in [1.54, 1.807) is 0 Å². The third kappa shape index (κ3) is 5.59. The van der Waals surface area contributed by atoms with Crippen molar-refractivity contribution in [3.63, 3.8) is 0 Å². The van der Waals surface area contributed by atoms with E-state index in [2.05, 4.69) is 23.8 Å². The maximum atomic E-state index is 10.5. The number of hydrogen-bond donors (Lipinski definition) is 3. The van der Waals surface area contributed by atoms with E-state index in [-0.39, 0.29) is 0 Å². The molecule has 0 saturated carbocycles. The largest absolute Gasteiger partial charge is 0.481 e.